The molecule has 114 valence electrons. The van der Waals surface area contributed by atoms with Crippen molar-refractivity contribution in [3.8, 4) is 0 Å². The summed E-state index contributed by atoms with van der Waals surface area (Å²) in [6.45, 7) is 5.24. The van der Waals surface area contributed by atoms with Crippen molar-refractivity contribution in [3.63, 3.8) is 0 Å². The van der Waals surface area contributed by atoms with Crippen molar-refractivity contribution in [1.29, 1.82) is 0 Å². The molecule has 1 heteroatoms. The third kappa shape index (κ3) is 7.69. The maximum absolute atomic E-state index is 5.93. The average Bonchev–Trinajstić information content (AvgIpc) is 2.47. The van der Waals surface area contributed by atoms with E-state index in [1.165, 1.54) is 62.5 Å². The summed E-state index contributed by atoms with van der Waals surface area (Å²) < 4.78 is 0. The van der Waals surface area contributed by atoms with Gasteiger partial charge in [0.2, 0.25) is 0 Å². The van der Waals surface area contributed by atoms with E-state index in [-0.39, 0.29) is 0 Å². The zero-order chi connectivity index (χ0) is 14.6. The van der Waals surface area contributed by atoms with Gasteiger partial charge < -0.3 is 5.73 Å². The summed E-state index contributed by atoms with van der Waals surface area (Å²) in [5, 5.41) is 0. The van der Waals surface area contributed by atoms with Crippen LogP contribution in [0.3, 0.4) is 0 Å². The molecule has 0 aliphatic heterocycles. The summed E-state index contributed by atoms with van der Waals surface area (Å²) in [4.78, 5) is 0. The zero-order valence-corrected chi connectivity index (χ0v) is 13.5. The maximum Gasteiger partial charge on any atom is -0.00457 e. The van der Waals surface area contributed by atoms with Gasteiger partial charge in [0.15, 0.2) is 0 Å². The van der Waals surface area contributed by atoms with Gasteiger partial charge in [-0.25, -0.2) is 0 Å². The molecule has 2 N–H and O–H groups in total. The molecule has 0 saturated heterocycles. The van der Waals surface area contributed by atoms with Crippen LogP contribution in [0, 0.1) is 12.8 Å². The Labute approximate surface area is 126 Å². The van der Waals surface area contributed by atoms with Crippen molar-refractivity contribution in [2.75, 3.05) is 6.54 Å². The molecule has 0 spiro atoms. The minimum absolute atomic E-state index is 0.661. The third-order valence-corrected chi connectivity index (χ3v) is 4.19. The van der Waals surface area contributed by atoms with Crippen molar-refractivity contribution in [2.24, 2.45) is 11.7 Å². The highest BCUT2D eigenvalue weighted by Crippen LogP contribution is 2.17. The Morgan fingerprint density at radius 3 is 2.10 bits per heavy atom. The molecular formula is C19H33N. The molecule has 1 rings (SSSR count). The summed E-state index contributed by atoms with van der Waals surface area (Å²) in [6.07, 6.45) is 12.1. The molecule has 20 heavy (non-hydrogen) atoms. The highest BCUT2D eigenvalue weighted by Gasteiger charge is 2.07. The van der Waals surface area contributed by atoms with Crippen molar-refractivity contribution >= 4 is 0 Å². The maximum atomic E-state index is 5.93. The van der Waals surface area contributed by atoms with Crippen LogP contribution in [0.2, 0.25) is 0 Å². The summed E-state index contributed by atoms with van der Waals surface area (Å²) in [6, 6.07) is 8.92. The number of nitrogens with two attached hydrogens (primary N) is 1. The lowest BCUT2D eigenvalue weighted by atomic mass is 9.93. The van der Waals surface area contributed by atoms with Gasteiger partial charge in [-0.05, 0) is 37.8 Å². The van der Waals surface area contributed by atoms with Crippen LogP contribution in [0.15, 0.2) is 24.3 Å². The first-order valence-electron chi connectivity index (χ1n) is 8.52. The molecule has 1 aromatic rings. The fourth-order valence-corrected chi connectivity index (χ4v) is 2.75. The number of hydrogen-bond acceptors (Lipinski definition) is 1. The van der Waals surface area contributed by atoms with Gasteiger partial charge in [-0.3, -0.25) is 0 Å². The predicted molar refractivity (Wildman–Crippen MR) is 90.0 cm³/mol. The average molecular weight is 275 g/mol. The monoisotopic (exact) mass is 275 g/mol. The van der Waals surface area contributed by atoms with Gasteiger partial charge in [-0.2, -0.15) is 0 Å². The molecule has 0 bridgehead atoms. The predicted octanol–water partition coefficient (Wildman–Crippen LogP) is 5.25. The van der Waals surface area contributed by atoms with Crippen LogP contribution in [0.4, 0.5) is 0 Å². The van der Waals surface area contributed by atoms with E-state index in [1.54, 1.807) is 0 Å². The Bertz CT molecular complexity index is 328. The minimum atomic E-state index is 0.661. The van der Waals surface area contributed by atoms with E-state index < -0.39 is 0 Å². The quantitative estimate of drug-likeness (QED) is 0.548. The molecule has 1 atom stereocenters. The van der Waals surface area contributed by atoms with Crippen LogP contribution >= 0.6 is 0 Å². The van der Waals surface area contributed by atoms with E-state index in [0.29, 0.717) is 5.92 Å². The van der Waals surface area contributed by atoms with E-state index in [9.17, 15) is 0 Å². The van der Waals surface area contributed by atoms with Crippen LogP contribution in [0.25, 0.3) is 0 Å². The van der Waals surface area contributed by atoms with Crippen molar-refractivity contribution < 1.29 is 0 Å². The minimum Gasteiger partial charge on any atom is -0.330 e. The first-order chi connectivity index (χ1) is 9.76. The normalized spacial score (nSPS) is 12.6. The number of aryl methyl sites for hydroxylation is 1. The molecule has 0 fully saturated rings. The standard InChI is InChI=1S/C19H33N/c1-3-4-5-6-7-8-9-10-19(16-20)15-18-13-11-17(2)12-14-18/h11-14,19H,3-10,15-16,20H2,1-2H3. The molecule has 0 heterocycles. The molecule has 0 amide bonds. The van der Waals surface area contributed by atoms with Crippen LogP contribution in [0.5, 0.6) is 0 Å². The number of rotatable bonds is 11. The van der Waals surface area contributed by atoms with Gasteiger partial charge in [-0.1, -0.05) is 81.7 Å². The van der Waals surface area contributed by atoms with E-state index in [1.807, 2.05) is 0 Å². The second-order valence-electron chi connectivity index (χ2n) is 6.20. The molecule has 0 aliphatic carbocycles. The van der Waals surface area contributed by atoms with Gasteiger partial charge in [0.25, 0.3) is 0 Å². The van der Waals surface area contributed by atoms with E-state index in [4.69, 9.17) is 5.73 Å². The number of hydrogen-bond donors (Lipinski definition) is 1. The SMILES string of the molecule is CCCCCCCCCC(CN)Cc1ccc(C)cc1. The molecule has 1 aromatic carbocycles. The Hall–Kier alpha value is -0.820. The molecule has 0 aliphatic rings. The zero-order valence-electron chi connectivity index (χ0n) is 13.5. The van der Waals surface area contributed by atoms with Crippen LogP contribution in [0.1, 0.15) is 69.4 Å². The topological polar surface area (TPSA) is 26.0 Å². The fraction of sp³-hybridized carbons (Fsp3) is 0.684. The summed E-state index contributed by atoms with van der Waals surface area (Å²) in [7, 11) is 0. The smallest absolute Gasteiger partial charge is 0.00457 e. The molecule has 0 radical (unpaired) electrons. The van der Waals surface area contributed by atoms with Crippen molar-refractivity contribution in [2.45, 2.75) is 71.6 Å². The first-order valence-corrected chi connectivity index (χ1v) is 8.52. The van der Waals surface area contributed by atoms with Gasteiger partial charge in [0, 0.05) is 0 Å². The molecule has 1 nitrogen and oxygen atoms in total. The highest BCUT2D eigenvalue weighted by molar-refractivity contribution is 5.21. The lowest BCUT2D eigenvalue weighted by Crippen LogP contribution is -2.16. The number of unbranched alkanes of at least 4 members (excludes halogenated alkanes) is 6. The molecule has 0 aromatic heterocycles. The summed E-state index contributed by atoms with van der Waals surface area (Å²) >= 11 is 0. The Balaban J connectivity index is 2.14. The van der Waals surface area contributed by atoms with Crippen LogP contribution in [-0.2, 0) is 6.42 Å². The van der Waals surface area contributed by atoms with Gasteiger partial charge in [-0.15, -0.1) is 0 Å². The summed E-state index contributed by atoms with van der Waals surface area (Å²) in [5.74, 6) is 0.661. The molecule has 0 saturated carbocycles. The van der Waals surface area contributed by atoms with Crippen molar-refractivity contribution in [1.82, 2.24) is 0 Å². The summed E-state index contributed by atoms with van der Waals surface area (Å²) in [5.41, 5.74) is 8.71. The van der Waals surface area contributed by atoms with E-state index >= 15 is 0 Å². The third-order valence-electron chi connectivity index (χ3n) is 4.19. The van der Waals surface area contributed by atoms with Gasteiger partial charge in [0.1, 0.15) is 0 Å². The first kappa shape index (κ1) is 17.2. The van der Waals surface area contributed by atoms with E-state index in [2.05, 4.69) is 38.1 Å². The van der Waals surface area contributed by atoms with Gasteiger partial charge >= 0.3 is 0 Å². The van der Waals surface area contributed by atoms with Crippen molar-refractivity contribution in [3.05, 3.63) is 35.4 Å². The highest BCUT2D eigenvalue weighted by atomic mass is 14.5. The Kier molecular flexibility index (Phi) is 9.40. The second kappa shape index (κ2) is 10.9. The van der Waals surface area contributed by atoms with Crippen LogP contribution in [-0.4, -0.2) is 6.54 Å². The Morgan fingerprint density at radius 2 is 1.50 bits per heavy atom. The van der Waals surface area contributed by atoms with Gasteiger partial charge in [0.05, 0.1) is 0 Å². The number of benzene rings is 1. The van der Waals surface area contributed by atoms with Crippen LogP contribution < -0.4 is 5.73 Å². The second-order valence-corrected chi connectivity index (χ2v) is 6.20. The lowest BCUT2D eigenvalue weighted by Gasteiger charge is -2.15. The fourth-order valence-electron chi connectivity index (χ4n) is 2.75. The molecule has 1 unspecified atom stereocenters. The Morgan fingerprint density at radius 1 is 0.900 bits per heavy atom. The largest absolute Gasteiger partial charge is 0.330 e. The molecular weight excluding hydrogens is 242 g/mol. The van der Waals surface area contributed by atoms with E-state index in [0.717, 1.165) is 13.0 Å². The lowest BCUT2D eigenvalue weighted by molar-refractivity contribution is 0.455.